The van der Waals surface area contributed by atoms with E-state index in [2.05, 4.69) is 0 Å². The van der Waals surface area contributed by atoms with Crippen molar-refractivity contribution in [3.05, 3.63) is 28.2 Å². The first-order valence-electron chi connectivity index (χ1n) is 8.75. The molecule has 1 aromatic rings. The summed E-state index contributed by atoms with van der Waals surface area (Å²) < 4.78 is 12.9. The monoisotopic (exact) mass is 334 g/mol. The second-order valence-electron chi connectivity index (χ2n) is 6.76. The van der Waals surface area contributed by atoms with Gasteiger partial charge >= 0.3 is 0 Å². The van der Waals surface area contributed by atoms with Crippen LogP contribution in [0.3, 0.4) is 0 Å². The molecule has 24 heavy (non-hydrogen) atoms. The Morgan fingerprint density at radius 1 is 1.17 bits per heavy atom. The number of amides is 1. The lowest BCUT2D eigenvalue weighted by molar-refractivity contribution is -0.140. The van der Waals surface area contributed by atoms with E-state index in [-0.39, 0.29) is 23.5 Å². The van der Waals surface area contributed by atoms with Gasteiger partial charge in [-0.15, -0.1) is 0 Å². The predicted molar refractivity (Wildman–Crippen MR) is 90.2 cm³/mol. The third-order valence-electron chi connectivity index (χ3n) is 5.10. The molecular weight excluding hydrogens is 308 g/mol. The molecule has 0 radical (unpaired) electrons. The number of hydrogen-bond acceptors (Lipinski definition) is 4. The summed E-state index contributed by atoms with van der Waals surface area (Å²) in [6.45, 7) is 4.73. The molecule has 0 unspecified atom stereocenters. The predicted octanol–water partition coefficient (Wildman–Crippen LogP) is 1.49. The van der Waals surface area contributed by atoms with Crippen molar-refractivity contribution < 1.29 is 14.3 Å². The number of piperidine rings is 1. The molecule has 1 aromatic heterocycles. The molecule has 0 N–H and O–H groups in total. The minimum Gasteiger partial charge on any atom is -0.490 e. The number of hydrogen-bond donors (Lipinski definition) is 0. The van der Waals surface area contributed by atoms with Crippen LogP contribution in [0, 0.1) is 12.8 Å². The number of rotatable bonds is 3. The van der Waals surface area contributed by atoms with Gasteiger partial charge in [0.1, 0.15) is 11.9 Å². The van der Waals surface area contributed by atoms with Crippen LogP contribution in [0.25, 0.3) is 0 Å². The molecule has 0 aromatic carbocycles. The fraction of sp³-hybridized carbons (Fsp3) is 0.667. The van der Waals surface area contributed by atoms with E-state index in [0.29, 0.717) is 19.0 Å². The topological polar surface area (TPSA) is 60.8 Å². The highest BCUT2D eigenvalue weighted by Gasteiger charge is 2.30. The van der Waals surface area contributed by atoms with Crippen molar-refractivity contribution in [2.45, 2.75) is 38.7 Å². The number of aromatic nitrogens is 1. The van der Waals surface area contributed by atoms with Crippen LogP contribution in [0.15, 0.2) is 16.9 Å². The molecule has 2 saturated heterocycles. The standard InChI is InChI=1S/C18H26N2O4/c1-13-11-16(12-17(21)19(13)2)24-15-3-7-20(8-4-15)18(22)14-5-9-23-10-6-14/h11-12,14-15H,3-10H2,1-2H3. The summed E-state index contributed by atoms with van der Waals surface area (Å²) in [5.74, 6) is 1.02. The summed E-state index contributed by atoms with van der Waals surface area (Å²) in [6, 6.07) is 3.42. The molecule has 0 saturated carbocycles. The van der Waals surface area contributed by atoms with Gasteiger partial charge in [-0.2, -0.15) is 0 Å². The van der Waals surface area contributed by atoms with Gasteiger partial charge in [0.05, 0.1) is 0 Å². The van der Waals surface area contributed by atoms with Gasteiger partial charge in [0, 0.05) is 63.9 Å². The van der Waals surface area contributed by atoms with Gasteiger partial charge in [0.15, 0.2) is 0 Å². The van der Waals surface area contributed by atoms with E-state index >= 15 is 0 Å². The van der Waals surface area contributed by atoms with E-state index in [1.165, 1.54) is 6.07 Å². The number of aryl methyl sites for hydroxylation is 1. The van der Waals surface area contributed by atoms with Crippen LogP contribution in [0.2, 0.25) is 0 Å². The van der Waals surface area contributed by atoms with Gasteiger partial charge in [0.25, 0.3) is 5.56 Å². The van der Waals surface area contributed by atoms with Crippen LogP contribution in [0.1, 0.15) is 31.4 Å². The van der Waals surface area contributed by atoms with E-state index in [1.807, 2.05) is 17.9 Å². The molecule has 1 amide bonds. The summed E-state index contributed by atoms with van der Waals surface area (Å²) >= 11 is 0. The van der Waals surface area contributed by atoms with Gasteiger partial charge in [0.2, 0.25) is 5.91 Å². The summed E-state index contributed by atoms with van der Waals surface area (Å²) in [5, 5.41) is 0. The number of nitrogens with zero attached hydrogens (tertiary/aromatic N) is 2. The largest absolute Gasteiger partial charge is 0.490 e. The highest BCUT2D eigenvalue weighted by Crippen LogP contribution is 2.23. The minimum atomic E-state index is -0.0582. The molecule has 2 aliphatic rings. The van der Waals surface area contributed by atoms with Crippen LogP contribution < -0.4 is 10.3 Å². The van der Waals surface area contributed by atoms with Crippen molar-refractivity contribution in [2.75, 3.05) is 26.3 Å². The Hall–Kier alpha value is -1.82. The molecule has 0 aliphatic carbocycles. The van der Waals surface area contributed by atoms with Gasteiger partial charge < -0.3 is 18.9 Å². The summed E-state index contributed by atoms with van der Waals surface area (Å²) in [4.78, 5) is 26.3. The van der Waals surface area contributed by atoms with E-state index in [4.69, 9.17) is 9.47 Å². The Morgan fingerprint density at radius 3 is 2.46 bits per heavy atom. The van der Waals surface area contributed by atoms with Gasteiger partial charge in [-0.25, -0.2) is 0 Å². The summed E-state index contributed by atoms with van der Waals surface area (Å²) in [6.07, 6.45) is 3.35. The number of carbonyl (C=O) groups is 1. The molecular formula is C18H26N2O4. The Morgan fingerprint density at radius 2 is 1.83 bits per heavy atom. The first kappa shape index (κ1) is 17.0. The molecule has 6 nitrogen and oxygen atoms in total. The Kier molecular flexibility index (Phi) is 5.23. The average molecular weight is 334 g/mol. The zero-order valence-electron chi connectivity index (χ0n) is 14.5. The van der Waals surface area contributed by atoms with Crippen LogP contribution in [-0.2, 0) is 16.6 Å². The third kappa shape index (κ3) is 3.80. The molecule has 3 rings (SSSR count). The van der Waals surface area contributed by atoms with Crippen LogP contribution >= 0.6 is 0 Å². The van der Waals surface area contributed by atoms with Crippen LogP contribution in [-0.4, -0.2) is 47.8 Å². The Labute approximate surface area is 142 Å². The Balaban J connectivity index is 1.53. The molecule has 2 fully saturated rings. The first-order valence-corrected chi connectivity index (χ1v) is 8.75. The molecule has 6 heteroatoms. The van der Waals surface area contributed by atoms with Gasteiger partial charge in [-0.05, 0) is 25.8 Å². The van der Waals surface area contributed by atoms with Crippen molar-refractivity contribution in [1.29, 1.82) is 0 Å². The lowest BCUT2D eigenvalue weighted by atomic mass is 9.97. The molecule has 0 atom stereocenters. The molecule has 0 bridgehead atoms. The molecule has 0 spiro atoms. The highest BCUT2D eigenvalue weighted by molar-refractivity contribution is 5.79. The SMILES string of the molecule is Cc1cc(OC2CCN(C(=O)C3CCOCC3)CC2)cc(=O)n1C. The fourth-order valence-electron chi connectivity index (χ4n) is 3.39. The summed E-state index contributed by atoms with van der Waals surface area (Å²) in [5.41, 5.74) is 0.821. The quantitative estimate of drug-likeness (QED) is 0.840. The molecule has 132 valence electrons. The van der Waals surface area contributed by atoms with Crippen molar-refractivity contribution >= 4 is 5.91 Å². The van der Waals surface area contributed by atoms with Crippen molar-refractivity contribution in [3.8, 4) is 5.75 Å². The number of pyridine rings is 1. The zero-order chi connectivity index (χ0) is 17.1. The average Bonchev–Trinajstić information content (AvgIpc) is 2.60. The van der Waals surface area contributed by atoms with Crippen molar-refractivity contribution in [2.24, 2.45) is 13.0 Å². The third-order valence-corrected chi connectivity index (χ3v) is 5.10. The molecule has 2 aliphatic heterocycles. The van der Waals surface area contributed by atoms with E-state index in [1.54, 1.807) is 11.6 Å². The van der Waals surface area contributed by atoms with Crippen molar-refractivity contribution in [3.63, 3.8) is 0 Å². The zero-order valence-corrected chi connectivity index (χ0v) is 14.5. The maximum Gasteiger partial charge on any atom is 0.254 e. The second kappa shape index (κ2) is 7.38. The lowest BCUT2D eigenvalue weighted by Crippen LogP contribution is -2.45. The highest BCUT2D eigenvalue weighted by atomic mass is 16.5. The Bertz CT molecular complexity index is 641. The molecule has 3 heterocycles. The van der Waals surface area contributed by atoms with E-state index in [9.17, 15) is 9.59 Å². The maximum atomic E-state index is 12.5. The van der Waals surface area contributed by atoms with Crippen molar-refractivity contribution in [1.82, 2.24) is 9.47 Å². The lowest BCUT2D eigenvalue weighted by Gasteiger charge is -2.35. The number of likely N-dealkylation sites (tertiary alicyclic amines) is 1. The van der Waals surface area contributed by atoms with Crippen LogP contribution in [0.4, 0.5) is 0 Å². The number of ether oxygens (including phenoxy) is 2. The fourth-order valence-corrected chi connectivity index (χ4v) is 3.39. The van der Waals surface area contributed by atoms with E-state index < -0.39 is 0 Å². The minimum absolute atomic E-state index is 0.0582. The van der Waals surface area contributed by atoms with Gasteiger partial charge in [-0.3, -0.25) is 9.59 Å². The number of carbonyl (C=O) groups excluding carboxylic acids is 1. The summed E-state index contributed by atoms with van der Waals surface area (Å²) in [7, 11) is 1.75. The van der Waals surface area contributed by atoms with Gasteiger partial charge in [-0.1, -0.05) is 0 Å². The van der Waals surface area contributed by atoms with Crippen LogP contribution in [0.5, 0.6) is 5.75 Å². The normalized spacial score (nSPS) is 20.2. The smallest absolute Gasteiger partial charge is 0.254 e. The van der Waals surface area contributed by atoms with E-state index in [0.717, 1.165) is 44.5 Å². The second-order valence-corrected chi connectivity index (χ2v) is 6.76. The first-order chi connectivity index (χ1) is 11.5. The maximum absolute atomic E-state index is 12.5.